The molecule has 0 fully saturated rings. The van der Waals surface area contributed by atoms with E-state index in [4.69, 9.17) is 5.26 Å². The van der Waals surface area contributed by atoms with Crippen LogP contribution in [0.2, 0.25) is 0 Å². The first kappa shape index (κ1) is 10.1. The van der Waals surface area contributed by atoms with Crippen LogP contribution in [0.3, 0.4) is 0 Å². The number of carbonyl (C=O) groups excluding carboxylic acids is 1. The van der Waals surface area contributed by atoms with Gasteiger partial charge in [-0.25, -0.2) is 4.39 Å². The monoisotopic (exact) mass is 189 g/mol. The maximum atomic E-state index is 13.1. The van der Waals surface area contributed by atoms with E-state index in [9.17, 15) is 9.18 Å². The molecule has 2 nitrogen and oxygen atoms in total. The Morgan fingerprint density at radius 1 is 1.50 bits per heavy atom. The SMILES string of the molecule is N#CCC=Cc1cc(C=O)ccc1F. The van der Waals surface area contributed by atoms with Crippen LogP contribution in [-0.2, 0) is 0 Å². The second-order valence-electron chi connectivity index (χ2n) is 2.66. The Morgan fingerprint density at radius 2 is 2.29 bits per heavy atom. The van der Waals surface area contributed by atoms with Crippen molar-refractivity contribution in [3.63, 3.8) is 0 Å². The van der Waals surface area contributed by atoms with Crippen molar-refractivity contribution < 1.29 is 9.18 Å². The number of benzene rings is 1. The van der Waals surface area contributed by atoms with Gasteiger partial charge in [-0.2, -0.15) is 5.26 Å². The summed E-state index contributed by atoms with van der Waals surface area (Å²) in [6.07, 6.45) is 3.92. The van der Waals surface area contributed by atoms with E-state index in [0.29, 0.717) is 17.4 Å². The highest BCUT2D eigenvalue weighted by Crippen LogP contribution is 2.11. The lowest BCUT2D eigenvalue weighted by Gasteiger charge is -1.96. The summed E-state index contributed by atoms with van der Waals surface area (Å²) in [6, 6.07) is 5.99. The highest BCUT2D eigenvalue weighted by Gasteiger charge is 1.99. The molecule has 0 atom stereocenters. The largest absolute Gasteiger partial charge is 0.298 e. The summed E-state index contributed by atoms with van der Waals surface area (Å²) in [7, 11) is 0. The molecule has 0 aromatic heterocycles. The van der Waals surface area contributed by atoms with Crippen LogP contribution in [0, 0.1) is 17.1 Å². The maximum absolute atomic E-state index is 13.1. The van der Waals surface area contributed by atoms with E-state index in [-0.39, 0.29) is 6.42 Å². The molecule has 1 aromatic carbocycles. The molecule has 1 aromatic rings. The highest BCUT2D eigenvalue weighted by atomic mass is 19.1. The fraction of sp³-hybridized carbons (Fsp3) is 0.0909. The molecular weight excluding hydrogens is 181 g/mol. The molecule has 14 heavy (non-hydrogen) atoms. The fourth-order valence-corrected chi connectivity index (χ4v) is 1.00. The van der Waals surface area contributed by atoms with Crippen molar-refractivity contribution in [2.24, 2.45) is 0 Å². The zero-order valence-corrected chi connectivity index (χ0v) is 7.40. The first-order valence-corrected chi connectivity index (χ1v) is 4.06. The molecule has 0 saturated heterocycles. The van der Waals surface area contributed by atoms with Gasteiger partial charge in [-0.15, -0.1) is 0 Å². The van der Waals surface area contributed by atoms with E-state index in [1.807, 2.05) is 6.07 Å². The average Bonchev–Trinajstić information content (AvgIpc) is 2.21. The molecule has 0 aliphatic carbocycles. The number of rotatable bonds is 3. The third-order valence-corrected chi connectivity index (χ3v) is 1.66. The zero-order chi connectivity index (χ0) is 10.4. The average molecular weight is 189 g/mol. The predicted octanol–water partition coefficient (Wildman–Crippen LogP) is 2.57. The lowest BCUT2D eigenvalue weighted by atomic mass is 10.1. The van der Waals surface area contributed by atoms with Crippen molar-refractivity contribution in [2.45, 2.75) is 6.42 Å². The van der Waals surface area contributed by atoms with E-state index in [1.165, 1.54) is 24.3 Å². The van der Waals surface area contributed by atoms with Crippen molar-refractivity contribution in [1.82, 2.24) is 0 Å². The number of halogens is 1. The van der Waals surface area contributed by atoms with Crippen LogP contribution in [0.1, 0.15) is 22.3 Å². The van der Waals surface area contributed by atoms with Crippen molar-refractivity contribution >= 4 is 12.4 Å². The first-order chi connectivity index (χ1) is 6.77. The molecule has 0 aliphatic heterocycles. The Balaban J connectivity index is 2.95. The van der Waals surface area contributed by atoms with Gasteiger partial charge in [0.2, 0.25) is 0 Å². The number of allylic oxidation sites excluding steroid dienone is 1. The zero-order valence-electron chi connectivity index (χ0n) is 7.40. The smallest absolute Gasteiger partial charge is 0.150 e. The maximum Gasteiger partial charge on any atom is 0.150 e. The predicted molar refractivity (Wildman–Crippen MR) is 51.1 cm³/mol. The normalized spacial score (nSPS) is 10.0. The van der Waals surface area contributed by atoms with Crippen molar-refractivity contribution in [2.75, 3.05) is 0 Å². The van der Waals surface area contributed by atoms with Gasteiger partial charge in [0.1, 0.15) is 12.1 Å². The fourth-order valence-electron chi connectivity index (χ4n) is 1.00. The molecule has 0 N–H and O–H groups in total. The van der Waals surface area contributed by atoms with Gasteiger partial charge in [-0.3, -0.25) is 4.79 Å². The van der Waals surface area contributed by atoms with Gasteiger partial charge in [0.25, 0.3) is 0 Å². The Morgan fingerprint density at radius 3 is 2.93 bits per heavy atom. The minimum Gasteiger partial charge on any atom is -0.298 e. The van der Waals surface area contributed by atoms with Crippen molar-refractivity contribution in [3.05, 3.63) is 41.2 Å². The molecular formula is C11H8FNO. The highest BCUT2D eigenvalue weighted by molar-refractivity contribution is 5.76. The van der Waals surface area contributed by atoms with E-state index >= 15 is 0 Å². The quantitative estimate of drug-likeness (QED) is 0.685. The summed E-state index contributed by atoms with van der Waals surface area (Å²) in [5, 5.41) is 8.26. The summed E-state index contributed by atoms with van der Waals surface area (Å²) in [5.41, 5.74) is 0.743. The molecule has 0 bridgehead atoms. The second-order valence-corrected chi connectivity index (χ2v) is 2.66. The van der Waals surface area contributed by atoms with E-state index < -0.39 is 5.82 Å². The van der Waals surface area contributed by atoms with E-state index in [1.54, 1.807) is 6.08 Å². The lowest BCUT2D eigenvalue weighted by molar-refractivity contribution is 0.112. The summed E-state index contributed by atoms with van der Waals surface area (Å²) in [6.45, 7) is 0. The van der Waals surface area contributed by atoms with Gasteiger partial charge < -0.3 is 0 Å². The molecule has 0 unspecified atom stereocenters. The second kappa shape index (κ2) is 4.93. The van der Waals surface area contributed by atoms with E-state index in [2.05, 4.69) is 0 Å². The number of aldehydes is 1. The van der Waals surface area contributed by atoms with Crippen LogP contribution in [0.15, 0.2) is 24.3 Å². The topological polar surface area (TPSA) is 40.9 Å². The molecule has 0 amide bonds. The van der Waals surface area contributed by atoms with Crippen LogP contribution in [0.5, 0.6) is 0 Å². The van der Waals surface area contributed by atoms with Crippen LogP contribution < -0.4 is 0 Å². The summed E-state index contributed by atoms with van der Waals surface area (Å²) in [5.74, 6) is -0.398. The number of nitrogens with zero attached hydrogens (tertiary/aromatic N) is 1. The van der Waals surface area contributed by atoms with Crippen LogP contribution in [-0.4, -0.2) is 6.29 Å². The Kier molecular flexibility index (Phi) is 3.57. The van der Waals surface area contributed by atoms with Gasteiger partial charge in [0.05, 0.1) is 12.5 Å². The summed E-state index contributed by atoms with van der Waals surface area (Å²) < 4.78 is 13.1. The first-order valence-electron chi connectivity index (χ1n) is 4.06. The molecule has 0 spiro atoms. The number of hydrogen-bond acceptors (Lipinski definition) is 2. The minimum atomic E-state index is -0.398. The van der Waals surface area contributed by atoms with Gasteiger partial charge in [0.15, 0.2) is 0 Å². The molecule has 3 heteroatoms. The Hall–Kier alpha value is -1.95. The summed E-state index contributed by atoms with van der Waals surface area (Å²) in [4.78, 5) is 10.4. The standard InChI is InChI=1S/C11H8FNO/c12-11-5-4-9(8-14)7-10(11)3-1-2-6-13/h1,3-5,7-8H,2H2. The van der Waals surface area contributed by atoms with Crippen molar-refractivity contribution in [3.8, 4) is 6.07 Å². The lowest BCUT2D eigenvalue weighted by Crippen LogP contribution is -1.86. The molecule has 0 saturated carbocycles. The third kappa shape index (κ3) is 2.53. The number of hydrogen-bond donors (Lipinski definition) is 0. The molecule has 1 rings (SSSR count). The molecule has 0 radical (unpaired) electrons. The van der Waals surface area contributed by atoms with Gasteiger partial charge in [-0.1, -0.05) is 12.2 Å². The molecule has 0 heterocycles. The molecule has 0 aliphatic rings. The number of carbonyl (C=O) groups is 1. The minimum absolute atomic E-state index is 0.227. The summed E-state index contributed by atoms with van der Waals surface area (Å²) >= 11 is 0. The van der Waals surface area contributed by atoms with Gasteiger partial charge >= 0.3 is 0 Å². The van der Waals surface area contributed by atoms with Crippen molar-refractivity contribution in [1.29, 1.82) is 5.26 Å². The van der Waals surface area contributed by atoms with Crippen LogP contribution in [0.4, 0.5) is 4.39 Å². The van der Waals surface area contributed by atoms with Gasteiger partial charge in [-0.05, 0) is 18.2 Å². The number of nitriles is 1. The van der Waals surface area contributed by atoms with Crippen LogP contribution in [0.25, 0.3) is 6.08 Å². The molecule has 70 valence electrons. The third-order valence-electron chi connectivity index (χ3n) is 1.66. The Labute approximate surface area is 81.3 Å². The van der Waals surface area contributed by atoms with E-state index in [0.717, 1.165) is 0 Å². The van der Waals surface area contributed by atoms with Crippen LogP contribution >= 0.6 is 0 Å². The Bertz CT molecular complexity index is 404. The van der Waals surface area contributed by atoms with Gasteiger partial charge in [0, 0.05) is 11.1 Å².